The summed E-state index contributed by atoms with van der Waals surface area (Å²) in [5.41, 5.74) is 2.70. The summed E-state index contributed by atoms with van der Waals surface area (Å²) in [5.74, 6) is -0.345. The van der Waals surface area contributed by atoms with Crippen LogP contribution in [0.5, 0.6) is 0 Å². The number of rotatable bonds is 8. The Morgan fingerprint density at radius 2 is 1.85 bits per heavy atom. The van der Waals surface area contributed by atoms with Crippen molar-refractivity contribution in [2.75, 3.05) is 23.4 Å². The van der Waals surface area contributed by atoms with Crippen LogP contribution in [0.4, 0.5) is 5.69 Å². The van der Waals surface area contributed by atoms with E-state index in [9.17, 15) is 13.2 Å². The minimum absolute atomic E-state index is 0.206. The van der Waals surface area contributed by atoms with E-state index in [1.807, 2.05) is 43.5 Å². The lowest BCUT2D eigenvalue weighted by molar-refractivity contribution is -0.120. The number of hydrogen-bond donors (Lipinski definition) is 1. The molecule has 0 saturated heterocycles. The first-order valence-corrected chi connectivity index (χ1v) is 11.8. The highest BCUT2D eigenvalue weighted by Crippen LogP contribution is 2.24. The van der Waals surface area contributed by atoms with Gasteiger partial charge >= 0.3 is 0 Å². The van der Waals surface area contributed by atoms with Gasteiger partial charge in [0.1, 0.15) is 6.54 Å². The molecule has 0 spiro atoms. The number of amides is 1. The number of anilines is 1. The van der Waals surface area contributed by atoms with Gasteiger partial charge in [-0.2, -0.15) is 0 Å². The Kier molecular flexibility index (Phi) is 7.33. The quantitative estimate of drug-likeness (QED) is 0.680. The maximum absolute atomic E-state index is 12.5. The molecule has 0 aromatic heterocycles. The molecule has 2 aromatic rings. The van der Waals surface area contributed by atoms with E-state index in [0.29, 0.717) is 5.69 Å². The van der Waals surface area contributed by atoms with E-state index >= 15 is 0 Å². The number of sulfonamides is 1. The van der Waals surface area contributed by atoms with E-state index in [-0.39, 0.29) is 18.5 Å². The van der Waals surface area contributed by atoms with Gasteiger partial charge in [0.2, 0.25) is 15.9 Å². The molecule has 5 nitrogen and oxygen atoms in total. The first-order chi connectivity index (χ1) is 12.7. The van der Waals surface area contributed by atoms with Gasteiger partial charge in [0.05, 0.1) is 18.0 Å². The second-order valence-corrected chi connectivity index (χ2v) is 9.14. The monoisotopic (exact) mass is 406 g/mol. The van der Waals surface area contributed by atoms with Crippen LogP contribution in [0.1, 0.15) is 31.0 Å². The number of hydrogen-bond acceptors (Lipinski definition) is 4. The molecular formula is C20H26N2O3S2. The van der Waals surface area contributed by atoms with E-state index in [1.54, 1.807) is 18.2 Å². The van der Waals surface area contributed by atoms with Crippen molar-refractivity contribution in [3.63, 3.8) is 0 Å². The second-order valence-electron chi connectivity index (χ2n) is 6.36. The zero-order valence-corrected chi connectivity index (χ0v) is 17.7. The summed E-state index contributed by atoms with van der Waals surface area (Å²) >= 11 is 1.52. The van der Waals surface area contributed by atoms with Gasteiger partial charge in [-0.3, -0.25) is 9.10 Å². The Balaban J connectivity index is 2.13. The topological polar surface area (TPSA) is 66.5 Å². The highest BCUT2D eigenvalue weighted by Gasteiger charge is 2.22. The molecule has 1 atom stereocenters. The normalized spacial score (nSPS) is 12.4. The van der Waals surface area contributed by atoms with Crippen molar-refractivity contribution in [1.29, 1.82) is 0 Å². The fourth-order valence-electron chi connectivity index (χ4n) is 2.71. The Bertz CT molecular complexity index is 880. The first kappa shape index (κ1) is 21.3. The lowest BCUT2D eigenvalue weighted by Gasteiger charge is -2.23. The van der Waals surface area contributed by atoms with Crippen molar-refractivity contribution in [3.8, 4) is 0 Å². The fraction of sp³-hybridized carbons (Fsp3) is 0.350. The molecule has 0 radical (unpaired) electrons. The summed E-state index contributed by atoms with van der Waals surface area (Å²) in [5, 5.41) is 2.88. The second kappa shape index (κ2) is 9.28. The van der Waals surface area contributed by atoms with Gasteiger partial charge in [-0.1, -0.05) is 37.3 Å². The Hall–Kier alpha value is -1.99. The van der Waals surface area contributed by atoms with Crippen LogP contribution in [0.15, 0.2) is 53.4 Å². The summed E-state index contributed by atoms with van der Waals surface area (Å²) in [4.78, 5) is 13.4. The van der Waals surface area contributed by atoms with Crippen molar-refractivity contribution >= 4 is 33.4 Å². The Morgan fingerprint density at radius 3 is 2.41 bits per heavy atom. The molecule has 27 heavy (non-hydrogen) atoms. The number of thioether (sulfide) groups is 1. The molecule has 0 fully saturated rings. The molecule has 0 saturated carbocycles. The van der Waals surface area contributed by atoms with Gasteiger partial charge in [-0.25, -0.2) is 8.42 Å². The van der Waals surface area contributed by atoms with Crippen LogP contribution in [0.3, 0.4) is 0 Å². The number of carbonyl (C=O) groups excluding carboxylic acids is 1. The predicted octanol–water partition coefficient (Wildman–Crippen LogP) is 3.61. The molecule has 0 bridgehead atoms. The lowest BCUT2D eigenvalue weighted by atomic mass is 10.1. The third kappa shape index (κ3) is 6.01. The number of benzene rings is 2. The van der Waals surface area contributed by atoms with Gasteiger partial charge in [-0.05, 0) is 48.9 Å². The minimum atomic E-state index is -3.58. The van der Waals surface area contributed by atoms with Gasteiger partial charge in [0.25, 0.3) is 0 Å². The van der Waals surface area contributed by atoms with Crippen molar-refractivity contribution in [3.05, 3.63) is 59.7 Å². The van der Waals surface area contributed by atoms with E-state index in [4.69, 9.17) is 0 Å². The zero-order valence-electron chi connectivity index (χ0n) is 16.1. The summed E-state index contributed by atoms with van der Waals surface area (Å²) in [6.45, 7) is 3.72. The van der Waals surface area contributed by atoms with Crippen LogP contribution in [-0.2, 0) is 21.2 Å². The molecule has 146 valence electrons. The van der Waals surface area contributed by atoms with Crippen LogP contribution in [-0.4, -0.2) is 33.4 Å². The van der Waals surface area contributed by atoms with E-state index < -0.39 is 10.0 Å². The average Bonchev–Trinajstić information content (AvgIpc) is 2.65. The van der Waals surface area contributed by atoms with Gasteiger partial charge < -0.3 is 5.32 Å². The number of nitrogens with zero attached hydrogens (tertiary/aromatic N) is 1. The van der Waals surface area contributed by atoms with Gasteiger partial charge in [0, 0.05) is 4.90 Å². The maximum Gasteiger partial charge on any atom is 0.241 e. The molecule has 0 aliphatic carbocycles. The lowest BCUT2D eigenvalue weighted by Crippen LogP contribution is -2.41. The Labute approximate surface area is 166 Å². The predicted molar refractivity (Wildman–Crippen MR) is 113 cm³/mol. The Morgan fingerprint density at radius 1 is 1.19 bits per heavy atom. The van der Waals surface area contributed by atoms with Crippen LogP contribution in [0.2, 0.25) is 0 Å². The van der Waals surface area contributed by atoms with Gasteiger partial charge in [-0.15, -0.1) is 11.8 Å². The van der Waals surface area contributed by atoms with E-state index in [2.05, 4.69) is 12.2 Å². The van der Waals surface area contributed by atoms with Crippen LogP contribution >= 0.6 is 11.8 Å². The summed E-state index contributed by atoms with van der Waals surface area (Å²) in [6.07, 6.45) is 3.99. The molecule has 7 heteroatoms. The highest BCUT2D eigenvalue weighted by atomic mass is 32.2. The van der Waals surface area contributed by atoms with E-state index in [1.165, 1.54) is 17.3 Å². The number of aryl methyl sites for hydroxylation is 1. The van der Waals surface area contributed by atoms with Crippen molar-refractivity contribution in [2.24, 2.45) is 0 Å². The molecule has 1 N–H and O–H groups in total. The fourth-order valence-corrected chi connectivity index (χ4v) is 4.01. The number of carbonyl (C=O) groups is 1. The third-order valence-corrected chi connectivity index (χ3v) is 6.16. The largest absolute Gasteiger partial charge is 0.348 e. The molecule has 0 unspecified atom stereocenters. The molecule has 0 aliphatic rings. The zero-order chi connectivity index (χ0) is 20.0. The highest BCUT2D eigenvalue weighted by molar-refractivity contribution is 7.98. The summed E-state index contributed by atoms with van der Waals surface area (Å²) in [7, 11) is -3.58. The summed E-state index contributed by atoms with van der Waals surface area (Å²) < 4.78 is 25.6. The average molecular weight is 407 g/mol. The van der Waals surface area contributed by atoms with E-state index in [0.717, 1.165) is 27.4 Å². The standard InChI is InChI=1S/C20H26N2O3S2/c1-5-16-9-11-17(12-10-16)15(2)21-20(23)14-22(27(4,24)25)18-7-6-8-19(13-18)26-3/h6-13,15H,5,14H2,1-4H3,(H,21,23)/t15-/m0/s1. The first-order valence-electron chi connectivity index (χ1n) is 8.74. The molecule has 2 aromatic carbocycles. The van der Waals surface area contributed by atoms with Crippen LogP contribution in [0.25, 0.3) is 0 Å². The SMILES string of the molecule is CCc1ccc([C@H](C)NC(=O)CN(c2cccc(SC)c2)S(C)(=O)=O)cc1. The smallest absolute Gasteiger partial charge is 0.241 e. The maximum atomic E-state index is 12.5. The summed E-state index contributed by atoms with van der Waals surface area (Å²) in [6, 6.07) is 15.0. The van der Waals surface area contributed by atoms with Crippen molar-refractivity contribution in [2.45, 2.75) is 31.2 Å². The molecular weight excluding hydrogens is 380 g/mol. The van der Waals surface area contributed by atoms with Crippen LogP contribution < -0.4 is 9.62 Å². The number of nitrogens with one attached hydrogen (secondary N) is 1. The molecule has 2 rings (SSSR count). The van der Waals surface area contributed by atoms with Crippen molar-refractivity contribution in [1.82, 2.24) is 5.32 Å². The molecule has 0 aliphatic heterocycles. The van der Waals surface area contributed by atoms with Crippen molar-refractivity contribution < 1.29 is 13.2 Å². The minimum Gasteiger partial charge on any atom is -0.348 e. The third-order valence-electron chi connectivity index (χ3n) is 4.29. The van der Waals surface area contributed by atoms with Crippen LogP contribution in [0, 0.1) is 0 Å². The molecule has 0 heterocycles. The molecule has 1 amide bonds. The van der Waals surface area contributed by atoms with Gasteiger partial charge in [0.15, 0.2) is 0 Å².